The van der Waals surface area contributed by atoms with E-state index in [2.05, 4.69) is 30.9 Å². The minimum Gasteiger partial charge on any atom is -0.493 e. The SMILES string of the molecule is O=c1[nH]c(-c2cncs2)nc(O)c1-c1cccc(Br)c1. The number of rotatable bonds is 2. The van der Waals surface area contributed by atoms with Gasteiger partial charge in [0, 0.05) is 10.7 Å². The number of hydrogen-bond acceptors (Lipinski definition) is 5. The second-order valence-electron chi connectivity index (χ2n) is 3.99. The van der Waals surface area contributed by atoms with Crippen LogP contribution in [0.5, 0.6) is 5.88 Å². The monoisotopic (exact) mass is 349 g/mol. The molecule has 0 fully saturated rings. The zero-order valence-electron chi connectivity index (χ0n) is 10.0. The molecule has 2 N–H and O–H groups in total. The lowest BCUT2D eigenvalue weighted by Crippen LogP contribution is -2.11. The van der Waals surface area contributed by atoms with Crippen molar-refractivity contribution in [1.82, 2.24) is 15.0 Å². The molecular formula is C13H8BrN3O2S. The summed E-state index contributed by atoms with van der Waals surface area (Å²) in [7, 11) is 0. The van der Waals surface area contributed by atoms with E-state index in [4.69, 9.17) is 0 Å². The van der Waals surface area contributed by atoms with Gasteiger partial charge in [0.15, 0.2) is 5.82 Å². The number of H-pyrrole nitrogens is 1. The number of aromatic amines is 1. The lowest BCUT2D eigenvalue weighted by Gasteiger charge is -2.05. The maximum absolute atomic E-state index is 12.2. The van der Waals surface area contributed by atoms with Crippen LogP contribution in [0.25, 0.3) is 21.8 Å². The number of thiazole rings is 1. The van der Waals surface area contributed by atoms with Crippen LogP contribution in [0.15, 0.2) is 45.2 Å². The van der Waals surface area contributed by atoms with Crippen LogP contribution in [0.2, 0.25) is 0 Å². The third-order valence-electron chi connectivity index (χ3n) is 2.68. The maximum atomic E-state index is 12.2. The lowest BCUT2D eigenvalue weighted by atomic mass is 10.1. The van der Waals surface area contributed by atoms with Gasteiger partial charge in [-0.2, -0.15) is 4.98 Å². The van der Waals surface area contributed by atoms with Crippen molar-refractivity contribution in [2.45, 2.75) is 0 Å². The average molecular weight is 350 g/mol. The molecule has 0 unspecified atom stereocenters. The Morgan fingerprint density at radius 2 is 2.20 bits per heavy atom. The molecule has 0 aliphatic heterocycles. The summed E-state index contributed by atoms with van der Waals surface area (Å²) in [6.45, 7) is 0. The summed E-state index contributed by atoms with van der Waals surface area (Å²) in [4.78, 5) is 23.5. The van der Waals surface area contributed by atoms with Gasteiger partial charge in [-0.3, -0.25) is 9.78 Å². The molecule has 0 amide bonds. The highest BCUT2D eigenvalue weighted by Gasteiger charge is 2.14. The van der Waals surface area contributed by atoms with Crippen LogP contribution >= 0.6 is 27.3 Å². The molecule has 0 atom stereocenters. The fraction of sp³-hybridized carbons (Fsp3) is 0. The quantitative estimate of drug-likeness (QED) is 0.745. The number of aromatic nitrogens is 3. The van der Waals surface area contributed by atoms with Gasteiger partial charge in [0.2, 0.25) is 5.88 Å². The summed E-state index contributed by atoms with van der Waals surface area (Å²) in [5.41, 5.74) is 1.99. The van der Waals surface area contributed by atoms with E-state index in [1.165, 1.54) is 11.3 Å². The molecule has 7 heteroatoms. The molecule has 3 aromatic rings. The van der Waals surface area contributed by atoms with Crippen molar-refractivity contribution in [1.29, 1.82) is 0 Å². The van der Waals surface area contributed by atoms with Crippen molar-refractivity contribution in [2.75, 3.05) is 0 Å². The second-order valence-corrected chi connectivity index (χ2v) is 5.79. The zero-order valence-corrected chi connectivity index (χ0v) is 12.4. The van der Waals surface area contributed by atoms with E-state index in [0.717, 1.165) is 4.47 Å². The highest BCUT2D eigenvalue weighted by Crippen LogP contribution is 2.28. The van der Waals surface area contributed by atoms with Crippen molar-refractivity contribution in [2.24, 2.45) is 0 Å². The summed E-state index contributed by atoms with van der Waals surface area (Å²) < 4.78 is 0.820. The molecule has 0 radical (unpaired) electrons. The van der Waals surface area contributed by atoms with E-state index in [9.17, 15) is 9.90 Å². The Morgan fingerprint density at radius 1 is 1.35 bits per heavy atom. The van der Waals surface area contributed by atoms with E-state index >= 15 is 0 Å². The Bertz CT molecular complexity index is 815. The van der Waals surface area contributed by atoms with Crippen LogP contribution in [0, 0.1) is 0 Å². The van der Waals surface area contributed by atoms with Gasteiger partial charge in [-0.05, 0) is 17.7 Å². The normalized spacial score (nSPS) is 10.7. The van der Waals surface area contributed by atoms with E-state index in [-0.39, 0.29) is 17.0 Å². The molecule has 3 rings (SSSR count). The van der Waals surface area contributed by atoms with Crippen molar-refractivity contribution in [3.05, 3.63) is 50.8 Å². The Labute approximate surface area is 126 Å². The van der Waals surface area contributed by atoms with Crippen LogP contribution in [0.1, 0.15) is 0 Å². The van der Waals surface area contributed by atoms with Gasteiger partial charge in [-0.25, -0.2) is 0 Å². The number of hydrogen-bond donors (Lipinski definition) is 2. The van der Waals surface area contributed by atoms with Crippen LogP contribution in [0.4, 0.5) is 0 Å². The van der Waals surface area contributed by atoms with E-state index in [1.54, 1.807) is 29.9 Å². The smallest absolute Gasteiger partial charge is 0.262 e. The van der Waals surface area contributed by atoms with Crippen molar-refractivity contribution < 1.29 is 5.11 Å². The van der Waals surface area contributed by atoms with Crippen LogP contribution in [-0.2, 0) is 0 Å². The number of aromatic hydroxyl groups is 1. The van der Waals surface area contributed by atoms with Gasteiger partial charge in [0.1, 0.15) is 5.56 Å². The zero-order chi connectivity index (χ0) is 14.1. The Balaban J connectivity index is 2.17. The third kappa shape index (κ3) is 2.37. The fourth-order valence-corrected chi connectivity index (χ4v) is 2.78. The Hall–Kier alpha value is -1.99. The Kier molecular flexibility index (Phi) is 3.37. The Morgan fingerprint density at radius 3 is 2.85 bits per heavy atom. The maximum Gasteiger partial charge on any atom is 0.262 e. The van der Waals surface area contributed by atoms with Gasteiger partial charge in [0.05, 0.1) is 10.4 Å². The van der Waals surface area contributed by atoms with Gasteiger partial charge >= 0.3 is 0 Å². The number of halogens is 1. The third-order valence-corrected chi connectivity index (χ3v) is 3.95. The molecule has 100 valence electrons. The van der Waals surface area contributed by atoms with Crippen LogP contribution in [-0.4, -0.2) is 20.1 Å². The predicted octanol–water partition coefficient (Wildman–Crippen LogP) is 3.03. The topological polar surface area (TPSA) is 78.9 Å². The van der Waals surface area contributed by atoms with Gasteiger partial charge in [0.25, 0.3) is 5.56 Å². The van der Waals surface area contributed by atoms with E-state index in [1.807, 2.05) is 6.07 Å². The standard InChI is InChI=1S/C13H8BrN3O2S/c14-8-3-1-2-7(4-8)10-12(18)16-11(17-13(10)19)9-5-15-6-20-9/h1-6H,(H2,16,17,18,19). The molecule has 0 spiro atoms. The molecule has 0 aliphatic carbocycles. The largest absolute Gasteiger partial charge is 0.493 e. The summed E-state index contributed by atoms with van der Waals surface area (Å²) in [6.07, 6.45) is 1.58. The molecule has 2 aromatic heterocycles. The summed E-state index contributed by atoms with van der Waals surface area (Å²) in [6, 6.07) is 7.12. The van der Waals surface area contributed by atoms with E-state index in [0.29, 0.717) is 16.3 Å². The van der Waals surface area contributed by atoms with Gasteiger partial charge in [-0.15, -0.1) is 11.3 Å². The fourth-order valence-electron chi connectivity index (χ4n) is 1.81. The summed E-state index contributed by atoms with van der Waals surface area (Å²) in [5.74, 6) is 0.0176. The minimum absolute atomic E-state index is 0.152. The van der Waals surface area contributed by atoms with Gasteiger partial charge < -0.3 is 10.1 Å². The predicted molar refractivity (Wildman–Crippen MR) is 80.8 cm³/mol. The van der Waals surface area contributed by atoms with Crippen molar-refractivity contribution in [3.8, 4) is 27.7 Å². The number of nitrogens with one attached hydrogen (secondary N) is 1. The van der Waals surface area contributed by atoms with Crippen LogP contribution < -0.4 is 5.56 Å². The molecule has 0 saturated heterocycles. The van der Waals surface area contributed by atoms with Gasteiger partial charge in [-0.1, -0.05) is 28.1 Å². The minimum atomic E-state index is -0.390. The second kappa shape index (κ2) is 5.18. The lowest BCUT2D eigenvalue weighted by molar-refractivity contribution is 0.454. The highest BCUT2D eigenvalue weighted by molar-refractivity contribution is 9.10. The van der Waals surface area contributed by atoms with E-state index < -0.39 is 0 Å². The first-order valence-corrected chi connectivity index (χ1v) is 7.30. The number of nitrogens with zero attached hydrogens (tertiary/aromatic N) is 2. The molecule has 0 saturated carbocycles. The molecule has 20 heavy (non-hydrogen) atoms. The average Bonchev–Trinajstić information content (AvgIpc) is 2.91. The highest BCUT2D eigenvalue weighted by atomic mass is 79.9. The molecule has 1 aromatic carbocycles. The molecule has 0 bridgehead atoms. The molecular weight excluding hydrogens is 342 g/mol. The summed E-state index contributed by atoms with van der Waals surface area (Å²) in [5, 5.41) is 10.1. The summed E-state index contributed by atoms with van der Waals surface area (Å²) >= 11 is 4.67. The van der Waals surface area contributed by atoms with Crippen molar-refractivity contribution >= 4 is 27.3 Å². The first kappa shape index (κ1) is 13.0. The van der Waals surface area contributed by atoms with Crippen molar-refractivity contribution in [3.63, 3.8) is 0 Å². The molecule has 0 aliphatic rings. The molecule has 2 heterocycles. The van der Waals surface area contributed by atoms with Crippen LogP contribution in [0.3, 0.4) is 0 Å². The first-order valence-electron chi connectivity index (χ1n) is 5.63. The molecule has 5 nitrogen and oxygen atoms in total. The first-order chi connectivity index (χ1) is 9.65. The number of benzene rings is 1.